The van der Waals surface area contributed by atoms with Crippen molar-refractivity contribution in [1.29, 1.82) is 0 Å². The van der Waals surface area contributed by atoms with Crippen LogP contribution in [0, 0.1) is 5.92 Å². The number of hydrogen-bond donors (Lipinski definition) is 0. The first-order chi connectivity index (χ1) is 8.54. The molecule has 18 heavy (non-hydrogen) atoms. The van der Waals surface area contributed by atoms with E-state index in [-0.39, 0.29) is 0 Å². The molecular weight excluding hydrogens is 314 g/mol. The van der Waals surface area contributed by atoms with E-state index < -0.39 is 10.0 Å². The molecule has 1 aromatic carbocycles. The molecule has 1 atom stereocenters. The van der Waals surface area contributed by atoms with Crippen molar-refractivity contribution in [1.82, 2.24) is 4.31 Å². The van der Waals surface area contributed by atoms with Crippen molar-refractivity contribution in [2.24, 2.45) is 5.92 Å². The lowest BCUT2D eigenvalue weighted by Gasteiger charge is -2.16. The Hall–Kier alpha value is -0.390. The van der Waals surface area contributed by atoms with Gasteiger partial charge in [-0.3, -0.25) is 0 Å². The van der Waals surface area contributed by atoms with Gasteiger partial charge in [-0.2, -0.15) is 4.31 Å². The van der Waals surface area contributed by atoms with E-state index in [2.05, 4.69) is 22.9 Å². The van der Waals surface area contributed by atoms with Gasteiger partial charge in [0.2, 0.25) is 10.0 Å². The Balaban J connectivity index is 2.15. The molecule has 100 valence electrons. The molecule has 1 aliphatic heterocycles. The van der Waals surface area contributed by atoms with Gasteiger partial charge in [0.1, 0.15) is 0 Å². The zero-order valence-corrected chi connectivity index (χ0v) is 12.9. The first kappa shape index (κ1) is 14.0. The smallest absolute Gasteiger partial charge is 0.207 e. The lowest BCUT2D eigenvalue weighted by atomic mass is 10.0. The van der Waals surface area contributed by atoms with Crippen LogP contribution in [-0.4, -0.2) is 25.8 Å². The van der Waals surface area contributed by atoms with Crippen molar-refractivity contribution < 1.29 is 8.42 Å². The summed E-state index contributed by atoms with van der Waals surface area (Å²) in [6.07, 6.45) is 3.23. The molecule has 0 spiro atoms. The summed E-state index contributed by atoms with van der Waals surface area (Å²) in [6.45, 7) is 3.47. The van der Waals surface area contributed by atoms with E-state index in [0.717, 1.165) is 23.7 Å². The third-order valence-corrected chi connectivity index (χ3v) is 5.80. The summed E-state index contributed by atoms with van der Waals surface area (Å²) in [5, 5.41) is 0. The third-order valence-electron chi connectivity index (χ3n) is 3.40. The Bertz CT molecular complexity index is 498. The van der Waals surface area contributed by atoms with E-state index in [0.29, 0.717) is 23.9 Å². The highest BCUT2D eigenvalue weighted by Gasteiger charge is 2.31. The first-order valence-corrected chi connectivity index (χ1v) is 8.53. The molecule has 1 fully saturated rings. The van der Waals surface area contributed by atoms with Gasteiger partial charge in [0.25, 0.3) is 0 Å². The predicted octanol–water partition coefficient (Wildman–Crippen LogP) is 3.26. The zero-order valence-electron chi connectivity index (χ0n) is 10.5. The number of sulfonamides is 1. The van der Waals surface area contributed by atoms with Crippen LogP contribution >= 0.6 is 15.9 Å². The monoisotopic (exact) mass is 331 g/mol. The van der Waals surface area contributed by atoms with Crippen LogP contribution in [-0.2, 0) is 10.0 Å². The average Bonchev–Trinajstić information content (AvgIpc) is 2.79. The van der Waals surface area contributed by atoms with Crippen molar-refractivity contribution in [3.8, 4) is 0 Å². The Morgan fingerprint density at radius 2 is 2.00 bits per heavy atom. The maximum Gasteiger partial charge on any atom is 0.243 e. The van der Waals surface area contributed by atoms with Crippen LogP contribution in [0.2, 0.25) is 0 Å². The van der Waals surface area contributed by atoms with E-state index in [1.165, 1.54) is 0 Å². The fourth-order valence-corrected chi connectivity index (χ4v) is 4.21. The van der Waals surface area contributed by atoms with E-state index in [4.69, 9.17) is 0 Å². The molecule has 1 heterocycles. The first-order valence-electron chi connectivity index (χ1n) is 6.29. The van der Waals surface area contributed by atoms with Crippen LogP contribution in [0.1, 0.15) is 26.2 Å². The molecule has 0 saturated carbocycles. The van der Waals surface area contributed by atoms with Gasteiger partial charge in [0.05, 0.1) is 4.90 Å². The minimum absolute atomic E-state index is 0.392. The molecule has 0 aromatic heterocycles. The highest BCUT2D eigenvalue weighted by molar-refractivity contribution is 9.10. The third kappa shape index (κ3) is 2.95. The molecule has 2 rings (SSSR count). The Morgan fingerprint density at radius 3 is 2.61 bits per heavy atom. The summed E-state index contributed by atoms with van der Waals surface area (Å²) in [4.78, 5) is 0.392. The fraction of sp³-hybridized carbons (Fsp3) is 0.538. The van der Waals surface area contributed by atoms with E-state index in [1.807, 2.05) is 0 Å². The van der Waals surface area contributed by atoms with Crippen LogP contribution in [0.25, 0.3) is 0 Å². The van der Waals surface area contributed by atoms with Crippen molar-refractivity contribution in [2.45, 2.75) is 31.1 Å². The van der Waals surface area contributed by atoms with Gasteiger partial charge in [-0.05, 0) is 43.0 Å². The van der Waals surface area contributed by atoms with Gasteiger partial charge >= 0.3 is 0 Å². The fourth-order valence-electron chi connectivity index (χ4n) is 2.41. The molecule has 0 amide bonds. The maximum atomic E-state index is 12.4. The minimum atomic E-state index is -3.29. The second-order valence-electron chi connectivity index (χ2n) is 4.76. The van der Waals surface area contributed by atoms with Crippen molar-refractivity contribution in [3.05, 3.63) is 28.7 Å². The highest BCUT2D eigenvalue weighted by Crippen LogP contribution is 2.27. The van der Waals surface area contributed by atoms with Gasteiger partial charge in [-0.15, -0.1) is 0 Å². The molecule has 1 aromatic rings. The molecular formula is C13H18BrNO2S. The van der Waals surface area contributed by atoms with Crippen molar-refractivity contribution in [2.75, 3.05) is 13.1 Å². The molecule has 1 unspecified atom stereocenters. The molecule has 0 aliphatic carbocycles. The van der Waals surface area contributed by atoms with E-state index in [1.54, 1.807) is 28.6 Å². The SMILES string of the molecule is CCCC1CCN(S(=O)(=O)c2ccc(Br)cc2)C1. The average molecular weight is 332 g/mol. The number of nitrogens with zero attached hydrogens (tertiary/aromatic N) is 1. The topological polar surface area (TPSA) is 37.4 Å². The van der Waals surface area contributed by atoms with Crippen LogP contribution in [0.3, 0.4) is 0 Å². The van der Waals surface area contributed by atoms with Gasteiger partial charge < -0.3 is 0 Å². The van der Waals surface area contributed by atoms with Crippen LogP contribution in [0.4, 0.5) is 0 Å². The Morgan fingerprint density at radius 1 is 1.33 bits per heavy atom. The summed E-state index contributed by atoms with van der Waals surface area (Å²) >= 11 is 3.32. The summed E-state index contributed by atoms with van der Waals surface area (Å²) < 4.78 is 27.3. The molecule has 0 radical (unpaired) electrons. The number of benzene rings is 1. The Kier molecular flexibility index (Phi) is 4.45. The van der Waals surface area contributed by atoms with Gasteiger partial charge in [-0.1, -0.05) is 29.3 Å². The van der Waals surface area contributed by atoms with Gasteiger partial charge in [0, 0.05) is 17.6 Å². The lowest BCUT2D eigenvalue weighted by molar-refractivity contribution is 0.444. The van der Waals surface area contributed by atoms with Crippen LogP contribution in [0.15, 0.2) is 33.6 Å². The minimum Gasteiger partial charge on any atom is -0.207 e. The molecule has 1 saturated heterocycles. The summed E-state index contributed by atoms with van der Waals surface area (Å²) in [7, 11) is -3.29. The standard InChI is InChI=1S/C13H18BrNO2S/c1-2-3-11-8-9-15(10-11)18(16,17)13-6-4-12(14)5-7-13/h4-7,11H,2-3,8-10H2,1H3. The number of hydrogen-bond acceptors (Lipinski definition) is 2. The van der Waals surface area contributed by atoms with Crippen molar-refractivity contribution in [3.63, 3.8) is 0 Å². The van der Waals surface area contributed by atoms with Crippen LogP contribution in [0.5, 0.6) is 0 Å². The highest BCUT2D eigenvalue weighted by atomic mass is 79.9. The van der Waals surface area contributed by atoms with Crippen LogP contribution < -0.4 is 0 Å². The molecule has 5 heteroatoms. The predicted molar refractivity (Wildman–Crippen MR) is 75.9 cm³/mol. The van der Waals surface area contributed by atoms with E-state index >= 15 is 0 Å². The molecule has 1 aliphatic rings. The largest absolute Gasteiger partial charge is 0.243 e. The molecule has 0 N–H and O–H groups in total. The second kappa shape index (κ2) is 5.72. The second-order valence-corrected chi connectivity index (χ2v) is 7.61. The van der Waals surface area contributed by atoms with Gasteiger partial charge in [-0.25, -0.2) is 8.42 Å². The summed E-state index contributed by atoms with van der Waals surface area (Å²) in [6, 6.07) is 6.86. The molecule has 0 bridgehead atoms. The lowest BCUT2D eigenvalue weighted by Crippen LogP contribution is -2.28. The zero-order chi connectivity index (χ0) is 13.2. The van der Waals surface area contributed by atoms with Gasteiger partial charge in [0.15, 0.2) is 0 Å². The van der Waals surface area contributed by atoms with E-state index in [9.17, 15) is 8.42 Å². The number of rotatable bonds is 4. The Labute approximate surface area is 117 Å². The summed E-state index contributed by atoms with van der Waals surface area (Å²) in [5.74, 6) is 0.528. The summed E-state index contributed by atoms with van der Waals surface area (Å²) in [5.41, 5.74) is 0. The normalized spacial score (nSPS) is 21.3. The molecule has 3 nitrogen and oxygen atoms in total. The van der Waals surface area contributed by atoms with Crippen molar-refractivity contribution >= 4 is 26.0 Å². The quantitative estimate of drug-likeness (QED) is 0.849. The number of halogens is 1. The maximum absolute atomic E-state index is 12.4.